The minimum Gasteiger partial charge on any atom is -0.492 e. The number of amides is 6. The average molecular weight is 1840 g/mol. The van der Waals surface area contributed by atoms with Crippen molar-refractivity contribution in [3.05, 3.63) is 144 Å². The van der Waals surface area contributed by atoms with Crippen LogP contribution >= 0.6 is 11.6 Å². The van der Waals surface area contributed by atoms with E-state index in [1.807, 2.05) is 111 Å². The fourth-order valence-corrected chi connectivity index (χ4v) is 14.1. The molecule has 6 aromatic heterocycles. The van der Waals surface area contributed by atoms with E-state index in [1.165, 1.54) is 37.4 Å². The molecule has 3 aromatic carbocycles. The van der Waals surface area contributed by atoms with Crippen LogP contribution in [0, 0.1) is 30.9 Å². The molecule has 3 fully saturated rings. The Morgan fingerprint density at radius 3 is 1.22 bits per heavy atom. The quantitative estimate of drug-likeness (QED) is 0.00916. The Hall–Kier alpha value is -13.3. The van der Waals surface area contributed by atoms with Crippen LogP contribution < -0.4 is 61.2 Å². The van der Waals surface area contributed by atoms with Gasteiger partial charge in [0.15, 0.2) is 40.1 Å². The fraction of sp³-hybridized carbons (Fsp3) is 0.489. The Balaban J connectivity index is 0.000000235. The molecule has 3 aliphatic rings. The van der Waals surface area contributed by atoms with E-state index in [4.69, 9.17) is 70.2 Å². The van der Waals surface area contributed by atoms with Crippen LogP contribution in [0.5, 0.6) is 17.2 Å². The molecule has 9 heterocycles. The van der Waals surface area contributed by atoms with Crippen LogP contribution in [0.15, 0.2) is 117 Å². The van der Waals surface area contributed by atoms with Gasteiger partial charge in [-0.25, -0.2) is 53.6 Å². The lowest BCUT2D eigenvalue weighted by molar-refractivity contribution is -0.385. The number of nitrogen functional groups attached to an aromatic ring is 1. The van der Waals surface area contributed by atoms with Crippen molar-refractivity contribution in [3.63, 3.8) is 0 Å². The number of allylic oxidation sites excluding steroid dienone is 1. The summed E-state index contributed by atoms with van der Waals surface area (Å²) < 4.78 is 50.2. The fourth-order valence-electron chi connectivity index (χ4n) is 14.1. The number of likely N-dealkylation sites (tertiary alicyclic amines) is 2. The second-order valence-corrected chi connectivity index (χ2v) is 36.2. The van der Waals surface area contributed by atoms with Crippen LogP contribution in [0.2, 0.25) is 0 Å². The second-order valence-electron chi connectivity index (χ2n) is 35.8. The van der Waals surface area contributed by atoms with Crippen LogP contribution in [-0.2, 0) is 33.3 Å². The van der Waals surface area contributed by atoms with E-state index in [0.29, 0.717) is 136 Å². The molecule has 38 nitrogen and oxygen atoms in total. The molecule has 0 bridgehead atoms. The van der Waals surface area contributed by atoms with Gasteiger partial charge in [-0.2, -0.15) is 28.8 Å². The van der Waals surface area contributed by atoms with Crippen molar-refractivity contribution in [2.45, 2.75) is 237 Å². The SMILES string of the molecule is C.C=CC(=O)Cl.C=CC(=O)Nc1cc(N(C(=O)OC(C)(C)C)c2c(C)c(NC3CCCNC3)nc3ccnn23)ccc1OCC.CCOc1ccc(N(C(=O)OC(C)(C)C)c2c(C)c(NC3CCCN(C(=O)OC(C)(C)C)C3)nc3ccnn23)cc1N.CCOc1ccc(N(C(=O)OC(C)(C)C)c2c(C)c(NC3CCCN(C(=O)OC(C)(C)C)C3)nc3ccnn23)cc1[N+](=O)[O-]. The van der Waals surface area contributed by atoms with Gasteiger partial charge < -0.3 is 80.0 Å². The standard InChI is InChI=1S/C30H41N7O7.C30H43N7O5.C28H37N7O4.C3H3ClO.CH4/c1-9-42-23-13-12-21(17-22(23)37(40)41)35(28(39)44-30(6,7)8)26-19(2)25(33-24-14-15-31-36(24)26)32-20-11-10-16-34(18-20)27(38)43-29(3,4)5;1-9-40-23-13-12-21(17-22(23)31)36(28(39)42-30(6,7)8)26-19(2)25(34-24-14-15-32-37(24)26)33-20-11-10-16-35(18-20)27(38)41-29(3,4)5;1-7-24(36)32-21-16-20(11-12-22(21)38-8-2)34(27(37)39-28(4,5)6)26-18(3)25(31-19-10-9-14-29-17-19)33-23-13-15-30-35(23)26;1-2-3(4)5;/h12-15,17,20H,9-11,16,18H2,1-8H3,(H,32,33);12-15,17,20H,9-11,16,18,31H2,1-8H3,(H,33,34);7,11-13,15-16,19,29H,1,8-10,14,17H2,2-6H3,(H,31,33)(H,32,36);2H,1H2;1H4. The number of halogens is 1. The van der Waals surface area contributed by atoms with Crippen LogP contribution in [0.1, 0.15) is 187 Å². The van der Waals surface area contributed by atoms with Gasteiger partial charge >= 0.3 is 36.2 Å². The number of piperidine rings is 3. The van der Waals surface area contributed by atoms with Crippen molar-refractivity contribution in [1.29, 1.82) is 0 Å². The predicted molar refractivity (Wildman–Crippen MR) is 507 cm³/mol. The molecule has 6 amide bonds. The number of aromatic nitrogens is 9. The van der Waals surface area contributed by atoms with Gasteiger partial charge in [-0.05, 0) is 263 Å². The molecule has 0 aliphatic carbocycles. The maximum Gasteiger partial charge on any atom is 0.420 e. The Morgan fingerprint density at radius 1 is 0.519 bits per heavy atom. The van der Waals surface area contributed by atoms with Crippen LogP contribution in [-0.4, -0.2) is 205 Å². The monoisotopic (exact) mass is 1830 g/mol. The number of nitro groups is 1. The lowest BCUT2D eigenvalue weighted by Gasteiger charge is -2.35. The molecule has 3 saturated heterocycles. The molecular weight excluding hydrogens is 1710 g/mol. The van der Waals surface area contributed by atoms with E-state index >= 15 is 0 Å². The summed E-state index contributed by atoms with van der Waals surface area (Å²) in [5.41, 5.74) is 7.78. The zero-order valence-corrected chi connectivity index (χ0v) is 78.9. The van der Waals surface area contributed by atoms with Gasteiger partial charge in [-0.15, -0.1) is 0 Å². The smallest absolute Gasteiger partial charge is 0.420 e. The number of anilines is 11. The van der Waals surface area contributed by atoms with Gasteiger partial charge in [0.05, 0.1) is 71.8 Å². The van der Waals surface area contributed by atoms with Crippen molar-refractivity contribution in [2.24, 2.45) is 0 Å². The number of benzene rings is 3. The van der Waals surface area contributed by atoms with Gasteiger partial charge in [0.2, 0.25) is 11.1 Å². The van der Waals surface area contributed by atoms with E-state index in [-0.39, 0.29) is 67.3 Å². The number of nitrogens with zero attached hydrogens (tertiary/aromatic N) is 15. The summed E-state index contributed by atoms with van der Waals surface area (Å²) in [6.07, 6.45) is 9.60. The van der Waals surface area contributed by atoms with E-state index in [2.05, 4.69) is 55.0 Å². The molecule has 12 rings (SSSR count). The van der Waals surface area contributed by atoms with Gasteiger partial charge in [0.1, 0.15) is 57.0 Å². The maximum atomic E-state index is 13.9. The molecule has 0 saturated carbocycles. The van der Waals surface area contributed by atoms with E-state index < -0.39 is 62.4 Å². The van der Waals surface area contributed by atoms with Crippen molar-refractivity contribution >= 4 is 139 Å². The lowest BCUT2D eigenvalue weighted by Crippen LogP contribution is -2.47. The molecule has 0 spiro atoms. The molecule has 9 aromatic rings. The third kappa shape index (κ3) is 28.1. The Morgan fingerprint density at radius 2 is 0.870 bits per heavy atom. The second kappa shape index (κ2) is 44.4. The predicted octanol–water partition coefficient (Wildman–Crippen LogP) is 18.5. The highest BCUT2D eigenvalue weighted by Crippen LogP contribution is 2.43. The zero-order chi connectivity index (χ0) is 95.7. The normalized spacial score (nSPS) is 15.1. The van der Waals surface area contributed by atoms with Gasteiger partial charge in [0.25, 0.3) is 0 Å². The number of hydrogen-bond donors (Lipinski definition) is 6. The first-order valence-electron chi connectivity index (χ1n) is 43.2. The number of rotatable bonds is 22. The van der Waals surface area contributed by atoms with E-state index in [9.17, 15) is 43.7 Å². The summed E-state index contributed by atoms with van der Waals surface area (Å²) in [5, 5.41) is 41.6. The average Bonchev–Trinajstić information content (AvgIpc) is 1.75. The Labute approximate surface area is 769 Å². The van der Waals surface area contributed by atoms with Crippen molar-refractivity contribution in [3.8, 4) is 17.2 Å². The number of nitro benzene ring substituents is 1. The first-order chi connectivity index (χ1) is 61.1. The van der Waals surface area contributed by atoms with Crippen LogP contribution in [0.3, 0.4) is 0 Å². The highest BCUT2D eigenvalue weighted by Gasteiger charge is 2.38. The largest absolute Gasteiger partial charge is 0.492 e. The van der Waals surface area contributed by atoms with Crippen LogP contribution in [0.4, 0.5) is 93.0 Å². The lowest BCUT2D eigenvalue weighted by atomic mass is 10.1. The molecule has 131 heavy (non-hydrogen) atoms. The number of ether oxygens (including phenoxy) is 8. The highest BCUT2D eigenvalue weighted by molar-refractivity contribution is 6.66. The maximum absolute atomic E-state index is 13.9. The highest BCUT2D eigenvalue weighted by atomic mass is 35.5. The first-order valence-corrected chi connectivity index (χ1v) is 43.5. The minimum absolute atomic E-state index is 0. The Bertz CT molecular complexity index is 5560. The molecule has 710 valence electrons. The summed E-state index contributed by atoms with van der Waals surface area (Å²) in [6.45, 7) is 49.7. The number of nitrogens with two attached hydrogens (primary N) is 1. The van der Waals surface area contributed by atoms with E-state index in [0.717, 1.165) is 57.7 Å². The zero-order valence-electron chi connectivity index (χ0n) is 78.2. The number of carbonyl (C=O) groups is 7. The summed E-state index contributed by atoms with van der Waals surface area (Å²) in [7, 11) is 0. The van der Waals surface area contributed by atoms with Crippen molar-refractivity contribution < 1.29 is 76.4 Å². The summed E-state index contributed by atoms with van der Waals surface area (Å²) in [4.78, 5) is 122. The minimum atomic E-state index is -0.870. The molecule has 39 heteroatoms. The van der Waals surface area contributed by atoms with E-state index in [1.54, 1.807) is 133 Å². The number of nitrogens with one attached hydrogen (secondary N) is 5. The summed E-state index contributed by atoms with van der Waals surface area (Å²) >= 11 is 4.71. The number of carbonyl (C=O) groups excluding carboxylic acids is 7. The number of hydrogen-bond acceptors (Lipinski definition) is 28. The van der Waals surface area contributed by atoms with Crippen LogP contribution in [0.25, 0.3) is 16.9 Å². The molecule has 3 unspecified atom stereocenters. The summed E-state index contributed by atoms with van der Waals surface area (Å²) in [5.74, 6) is 3.56. The first kappa shape index (κ1) is 103. The molecule has 7 N–H and O–H groups in total. The molecule has 3 atom stereocenters. The van der Waals surface area contributed by atoms with Gasteiger partial charge in [-0.1, -0.05) is 20.6 Å². The molecular formula is C92H128ClN21O17. The van der Waals surface area contributed by atoms with Gasteiger partial charge in [0, 0.05) is 91.8 Å². The third-order valence-corrected chi connectivity index (χ3v) is 19.6. The third-order valence-electron chi connectivity index (χ3n) is 19.4. The topological polar surface area (TPSA) is 429 Å². The number of fused-ring (bicyclic) bond motifs is 3. The van der Waals surface area contributed by atoms with Crippen molar-refractivity contribution in [2.75, 3.05) is 101 Å². The Kier molecular flexibility index (Phi) is 34.9. The molecule has 3 aliphatic heterocycles. The van der Waals surface area contributed by atoms with Gasteiger partial charge in [-0.3, -0.25) is 19.7 Å². The summed E-state index contributed by atoms with van der Waals surface area (Å²) in [6, 6.07) is 19.8. The van der Waals surface area contributed by atoms with Crippen molar-refractivity contribution in [1.82, 2.24) is 58.9 Å². The molecule has 0 radical (unpaired) electrons.